The van der Waals surface area contributed by atoms with Crippen molar-refractivity contribution in [1.29, 1.82) is 0 Å². The van der Waals surface area contributed by atoms with Gasteiger partial charge in [-0.1, -0.05) is 11.3 Å². The summed E-state index contributed by atoms with van der Waals surface area (Å²) in [5.74, 6) is 0.994. The summed E-state index contributed by atoms with van der Waals surface area (Å²) in [6.07, 6.45) is 3.29. The monoisotopic (exact) mass is 497 g/mol. The summed E-state index contributed by atoms with van der Waals surface area (Å²) in [6.45, 7) is 1.25. The van der Waals surface area contributed by atoms with Crippen LogP contribution in [0.4, 0.5) is 5.13 Å². The zero-order chi connectivity index (χ0) is 23.7. The van der Waals surface area contributed by atoms with Crippen LogP contribution in [0.3, 0.4) is 0 Å². The number of amides is 1. The van der Waals surface area contributed by atoms with E-state index in [1.165, 1.54) is 27.8 Å². The third-order valence-electron chi connectivity index (χ3n) is 5.76. The van der Waals surface area contributed by atoms with Crippen molar-refractivity contribution in [3.8, 4) is 5.75 Å². The molecule has 1 amide bonds. The molecule has 0 unspecified atom stereocenters. The summed E-state index contributed by atoms with van der Waals surface area (Å²) in [5, 5.41) is 0.512. The highest BCUT2D eigenvalue weighted by molar-refractivity contribution is 7.89. The molecule has 2 aromatic carbocycles. The van der Waals surface area contributed by atoms with E-state index < -0.39 is 10.0 Å². The minimum absolute atomic E-state index is 0.190. The number of carbonyl (C=O) groups excluding carboxylic acids is 1. The summed E-state index contributed by atoms with van der Waals surface area (Å²) in [6, 6.07) is 15.2. The number of aromatic nitrogens is 1. The van der Waals surface area contributed by atoms with Gasteiger partial charge in [-0.05, 0) is 61.4 Å². The Kier molecular flexibility index (Phi) is 6.11. The fourth-order valence-electron chi connectivity index (χ4n) is 3.93. The predicted octanol–water partition coefficient (Wildman–Crippen LogP) is 4.53. The molecular weight excluding hydrogens is 474 g/mol. The van der Waals surface area contributed by atoms with E-state index >= 15 is 0 Å². The summed E-state index contributed by atoms with van der Waals surface area (Å²) < 4.78 is 38.8. The maximum atomic E-state index is 13.6. The quantitative estimate of drug-likeness (QED) is 0.372. The molecule has 176 valence electrons. The fraction of sp³-hybridized carbons (Fsp3) is 0.250. The van der Waals surface area contributed by atoms with Gasteiger partial charge in [-0.3, -0.25) is 9.69 Å². The van der Waals surface area contributed by atoms with Gasteiger partial charge in [0.05, 0.1) is 35.0 Å². The number of fused-ring (bicyclic) bond motifs is 1. The zero-order valence-electron chi connectivity index (χ0n) is 18.5. The van der Waals surface area contributed by atoms with Gasteiger partial charge in [-0.15, -0.1) is 0 Å². The molecule has 2 aromatic heterocycles. The van der Waals surface area contributed by atoms with E-state index in [0.717, 1.165) is 23.1 Å². The molecule has 0 aliphatic carbocycles. The first-order chi connectivity index (χ1) is 16.5. The van der Waals surface area contributed by atoms with Gasteiger partial charge in [0.15, 0.2) is 5.13 Å². The molecule has 10 heteroatoms. The summed E-state index contributed by atoms with van der Waals surface area (Å²) in [4.78, 5) is 19.9. The second kappa shape index (κ2) is 9.21. The van der Waals surface area contributed by atoms with Crippen molar-refractivity contribution in [1.82, 2.24) is 9.29 Å². The van der Waals surface area contributed by atoms with E-state index in [1.807, 2.05) is 18.2 Å². The maximum Gasteiger partial charge on any atom is 0.260 e. The number of sulfonamides is 1. The lowest BCUT2D eigenvalue weighted by Gasteiger charge is -2.19. The van der Waals surface area contributed by atoms with E-state index in [2.05, 4.69) is 4.98 Å². The molecule has 4 aromatic rings. The van der Waals surface area contributed by atoms with E-state index in [1.54, 1.807) is 42.5 Å². The molecule has 3 heterocycles. The van der Waals surface area contributed by atoms with Gasteiger partial charge in [-0.25, -0.2) is 13.4 Å². The Morgan fingerprint density at radius 2 is 1.91 bits per heavy atom. The topological polar surface area (TPSA) is 92.9 Å². The molecule has 0 radical (unpaired) electrons. The molecule has 5 rings (SSSR count). The Labute approximate surface area is 201 Å². The van der Waals surface area contributed by atoms with Gasteiger partial charge in [0.25, 0.3) is 5.91 Å². The van der Waals surface area contributed by atoms with E-state index in [9.17, 15) is 13.2 Å². The molecule has 1 saturated heterocycles. The van der Waals surface area contributed by atoms with Crippen LogP contribution < -0.4 is 9.64 Å². The Morgan fingerprint density at radius 1 is 1.15 bits per heavy atom. The zero-order valence-corrected chi connectivity index (χ0v) is 20.1. The average Bonchev–Trinajstić information content (AvgIpc) is 3.63. The number of carbonyl (C=O) groups is 1. The molecule has 8 nitrogen and oxygen atoms in total. The third kappa shape index (κ3) is 4.31. The molecule has 0 atom stereocenters. The second-order valence-electron chi connectivity index (χ2n) is 7.94. The Hall–Kier alpha value is -3.21. The second-order valence-corrected chi connectivity index (χ2v) is 10.9. The lowest BCUT2D eigenvalue weighted by molar-refractivity contribution is 0.0983. The number of furan rings is 1. The van der Waals surface area contributed by atoms with Crippen molar-refractivity contribution in [2.24, 2.45) is 0 Å². The van der Waals surface area contributed by atoms with Crippen LogP contribution in [0.2, 0.25) is 0 Å². The lowest BCUT2D eigenvalue weighted by atomic mass is 10.2. The van der Waals surface area contributed by atoms with Crippen LogP contribution in [0, 0.1) is 0 Å². The van der Waals surface area contributed by atoms with Crippen molar-refractivity contribution in [3.63, 3.8) is 0 Å². The number of methoxy groups -OCH3 is 1. The highest BCUT2D eigenvalue weighted by Gasteiger charge is 2.28. The number of hydrogen-bond donors (Lipinski definition) is 0. The first-order valence-electron chi connectivity index (χ1n) is 10.8. The van der Waals surface area contributed by atoms with Crippen molar-refractivity contribution in [2.45, 2.75) is 24.3 Å². The van der Waals surface area contributed by atoms with Crippen LogP contribution in [0.15, 0.2) is 70.2 Å². The Morgan fingerprint density at radius 3 is 2.59 bits per heavy atom. The molecule has 1 aliphatic rings. The van der Waals surface area contributed by atoms with Gasteiger partial charge >= 0.3 is 0 Å². The van der Waals surface area contributed by atoms with Gasteiger partial charge in [0.1, 0.15) is 11.5 Å². The van der Waals surface area contributed by atoms with Crippen LogP contribution in [0.5, 0.6) is 5.75 Å². The fourth-order valence-corrected chi connectivity index (χ4v) is 6.39. The van der Waals surface area contributed by atoms with Crippen molar-refractivity contribution >= 4 is 42.6 Å². The number of nitrogens with zero attached hydrogens (tertiary/aromatic N) is 3. The molecule has 0 spiro atoms. The SMILES string of the molecule is COc1ccc2sc(N(Cc3ccco3)C(=O)c3ccc(S(=O)(=O)N4CCCC4)cc3)nc2c1. The molecule has 34 heavy (non-hydrogen) atoms. The van der Waals surface area contributed by atoms with E-state index in [0.29, 0.717) is 35.3 Å². The highest BCUT2D eigenvalue weighted by Crippen LogP contribution is 2.33. The van der Waals surface area contributed by atoms with Crippen LogP contribution in [-0.2, 0) is 16.6 Å². The number of thiazole rings is 1. The number of anilines is 1. The summed E-state index contributed by atoms with van der Waals surface area (Å²) >= 11 is 1.39. The van der Waals surface area contributed by atoms with Crippen molar-refractivity contribution in [2.75, 3.05) is 25.1 Å². The van der Waals surface area contributed by atoms with Crippen LogP contribution in [0.25, 0.3) is 10.2 Å². The van der Waals surface area contributed by atoms with Gasteiger partial charge in [0, 0.05) is 24.7 Å². The Balaban J connectivity index is 1.47. The Bertz CT molecular complexity index is 1410. The first-order valence-corrected chi connectivity index (χ1v) is 13.1. The minimum Gasteiger partial charge on any atom is -0.497 e. The maximum absolute atomic E-state index is 13.6. The number of hydrogen-bond acceptors (Lipinski definition) is 7. The first kappa shape index (κ1) is 22.6. The summed E-state index contributed by atoms with van der Waals surface area (Å²) in [7, 11) is -1.96. The normalized spacial score (nSPS) is 14.5. The largest absolute Gasteiger partial charge is 0.497 e. The van der Waals surface area contributed by atoms with E-state index in [-0.39, 0.29) is 17.3 Å². The van der Waals surface area contributed by atoms with E-state index in [4.69, 9.17) is 9.15 Å². The summed E-state index contributed by atoms with van der Waals surface area (Å²) in [5.41, 5.74) is 1.09. The molecule has 0 bridgehead atoms. The molecule has 1 fully saturated rings. The number of benzene rings is 2. The predicted molar refractivity (Wildman–Crippen MR) is 130 cm³/mol. The van der Waals surface area contributed by atoms with Crippen LogP contribution in [-0.4, -0.2) is 43.8 Å². The molecule has 0 N–H and O–H groups in total. The van der Waals surface area contributed by atoms with Gasteiger partial charge < -0.3 is 9.15 Å². The van der Waals surface area contributed by atoms with Crippen molar-refractivity contribution < 1.29 is 22.4 Å². The van der Waals surface area contributed by atoms with Gasteiger partial charge in [0.2, 0.25) is 10.0 Å². The average molecular weight is 498 g/mol. The van der Waals surface area contributed by atoms with Gasteiger partial charge in [-0.2, -0.15) is 4.31 Å². The molecule has 1 aliphatic heterocycles. The number of rotatable bonds is 7. The van der Waals surface area contributed by atoms with Crippen LogP contribution >= 0.6 is 11.3 Å². The smallest absolute Gasteiger partial charge is 0.260 e. The minimum atomic E-state index is -3.55. The highest BCUT2D eigenvalue weighted by atomic mass is 32.2. The third-order valence-corrected chi connectivity index (χ3v) is 8.73. The number of ether oxygens (including phenoxy) is 1. The standard InChI is InChI=1S/C24H23N3O5S2/c1-31-18-8-11-22-21(15-18)25-24(33-22)27(16-19-5-4-14-32-19)23(28)17-6-9-20(10-7-17)34(29,30)26-12-2-3-13-26/h4-11,14-15H,2-3,12-13,16H2,1H3. The lowest BCUT2D eigenvalue weighted by Crippen LogP contribution is -2.30. The molecular formula is C24H23N3O5S2. The van der Waals surface area contributed by atoms with Crippen LogP contribution in [0.1, 0.15) is 29.0 Å². The molecule has 0 saturated carbocycles. The van der Waals surface area contributed by atoms with Crippen molar-refractivity contribution in [3.05, 3.63) is 72.2 Å².